The lowest BCUT2D eigenvalue weighted by Gasteiger charge is -2.44. The molecule has 0 radical (unpaired) electrons. The largest absolute Gasteiger partial charge is 0.377 e. The maximum atomic E-state index is 6.02. The van der Waals surface area contributed by atoms with Crippen molar-refractivity contribution in [3.8, 4) is 0 Å². The Bertz CT molecular complexity index is 426. The van der Waals surface area contributed by atoms with Crippen molar-refractivity contribution in [3.05, 3.63) is 18.2 Å². The van der Waals surface area contributed by atoms with Crippen LogP contribution >= 0.6 is 0 Å². The van der Waals surface area contributed by atoms with Crippen molar-refractivity contribution >= 4 is 0 Å². The Hall–Kier alpha value is -0.910. The molecule has 106 valence electrons. The summed E-state index contributed by atoms with van der Waals surface area (Å²) in [4.78, 5) is 6.82. The van der Waals surface area contributed by atoms with E-state index >= 15 is 0 Å². The normalized spacial score (nSPS) is 32.2. The summed E-state index contributed by atoms with van der Waals surface area (Å²) in [7, 11) is 3.81. The molecule has 1 aromatic heterocycles. The van der Waals surface area contributed by atoms with Crippen LogP contribution in [0, 0.1) is 0 Å². The molecule has 2 atom stereocenters. The molecule has 0 aromatic carbocycles. The summed E-state index contributed by atoms with van der Waals surface area (Å²) >= 11 is 0. The Balaban J connectivity index is 1.64. The fraction of sp³-hybridized carbons (Fsp3) is 0.786. The average Bonchev–Trinajstić information content (AvgIpc) is 3.02. The zero-order valence-electron chi connectivity index (χ0n) is 11.8. The number of rotatable bonds is 3. The van der Waals surface area contributed by atoms with E-state index in [1.807, 2.05) is 17.9 Å². The van der Waals surface area contributed by atoms with Crippen molar-refractivity contribution < 1.29 is 9.47 Å². The molecule has 3 heterocycles. The van der Waals surface area contributed by atoms with Gasteiger partial charge in [0.25, 0.3) is 0 Å². The third kappa shape index (κ3) is 2.55. The van der Waals surface area contributed by atoms with Crippen molar-refractivity contribution in [2.45, 2.75) is 37.5 Å². The highest BCUT2D eigenvalue weighted by Gasteiger charge is 2.46. The fourth-order valence-electron chi connectivity index (χ4n) is 3.38. The maximum Gasteiger partial charge on any atom is 0.0987 e. The molecule has 2 fully saturated rings. The number of imidazole rings is 1. The molecule has 0 N–H and O–H groups in total. The van der Waals surface area contributed by atoms with Crippen LogP contribution in [0.4, 0.5) is 0 Å². The van der Waals surface area contributed by atoms with Gasteiger partial charge in [-0.25, -0.2) is 4.98 Å². The molecule has 0 bridgehead atoms. The van der Waals surface area contributed by atoms with Crippen molar-refractivity contribution in [1.29, 1.82) is 0 Å². The van der Waals surface area contributed by atoms with E-state index in [-0.39, 0.29) is 11.7 Å². The molecule has 2 aliphatic rings. The SMILES string of the molecule is CO[C@H]1CN(Cc2cn(C)cn2)CC[C@@]12CCCO2. The van der Waals surface area contributed by atoms with Crippen LogP contribution in [0.5, 0.6) is 0 Å². The standard InChI is InChI=1S/C14H23N3O2/c1-16-8-12(15-11-16)9-17-6-5-14(4-3-7-19-14)13(10-17)18-2/h8,11,13H,3-7,9-10H2,1-2H3/t13-,14-/m0/s1. The van der Waals surface area contributed by atoms with Gasteiger partial charge in [0.2, 0.25) is 0 Å². The highest BCUT2D eigenvalue weighted by molar-refractivity contribution is 5.01. The van der Waals surface area contributed by atoms with Gasteiger partial charge in [-0.05, 0) is 19.3 Å². The molecular weight excluding hydrogens is 242 g/mol. The zero-order valence-corrected chi connectivity index (χ0v) is 11.8. The predicted octanol–water partition coefficient (Wildman–Crippen LogP) is 1.19. The monoisotopic (exact) mass is 265 g/mol. The van der Waals surface area contributed by atoms with E-state index in [4.69, 9.17) is 9.47 Å². The van der Waals surface area contributed by atoms with E-state index in [1.54, 1.807) is 7.11 Å². The number of hydrogen-bond acceptors (Lipinski definition) is 4. The van der Waals surface area contributed by atoms with Crippen LogP contribution in [0.2, 0.25) is 0 Å². The van der Waals surface area contributed by atoms with Crippen LogP contribution in [0.1, 0.15) is 25.0 Å². The predicted molar refractivity (Wildman–Crippen MR) is 71.8 cm³/mol. The highest BCUT2D eigenvalue weighted by Crippen LogP contribution is 2.37. The topological polar surface area (TPSA) is 39.5 Å². The maximum absolute atomic E-state index is 6.02. The average molecular weight is 265 g/mol. The number of aryl methyl sites for hydroxylation is 1. The first-order chi connectivity index (χ1) is 9.22. The minimum Gasteiger partial charge on any atom is -0.377 e. The lowest BCUT2D eigenvalue weighted by Crippen LogP contribution is -2.55. The molecule has 0 saturated carbocycles. The summed E-state index contributed by atoms with van der Waals surface area (Å²) in [5.74, 6) is 0. The van der Waals surface area contributed by atoms with Gasteiger partial charge < -0.3 is 14.0 Å². The van der Waals surface area contributed by atoms with Gasteiger partial charge in [0.15, 0.2) is 0 Å². The van der Waals surface area contributed by atoms with E-state index in [0.717, 1.165) is 44.8 Å². The van der Waals surface area contributed by atoms with Gasteiger partial charge in [0.05, 0.1) is 23.7 Å². The number of likely N-dealkylation sites (tertiary alicyclic amines) is 1. The van der Waals surface area contributed by atoms with E-state index in [1.165, 1.54) is 6.42 Å². The first kappa shape index (κ1) is 13.1. The minimum absolute atomic E-state index is 0.0185. The lowest BCUT2D eigenvalue weighted by molar-refractivity contribution is -0.143. The van der Waals surface area contributed by atoms with Crippen molar-refractivity contribution in [1.82, 2.24) is 14.5 Å². The molecule has 3 rings (SSSR count). The number of nitrogens with zero attached hydrogens (tertiary/aromatic N) is 3. The first-order valence-corrected chi connectivity index (χ1v) is 7.08. The van der Waals surface area contributed by atoms with Crippen molar-refractivity contribution in [3.63, 3.8) is 0 Å². The summed E-state index contributed by atoms with van der Waals surface area (Å²) < 4.78 is 13.7. The Labute approximate surface area is 114 Å². The third-order valence-corrected chi connectivity index (χ3v) is 4.42. The van der Waals surface area contributed by atoms with Gasteiger partial charge in [-0.1, -0.05) is 0 Å². The number of ether oxygens (including phenoxy) is 2. The quantitative estimate of drug-likeness (QED) is 0.823. The summed E-state index contributed by atoms with van der Waals surface area (Å²) in [6, 6.07) is 0. The lowest BCUT2D eigenvalue weighted by atomic mass is 9.86. The minimum atomic E-state index is -0.0185. The van der Waals surface area contributed by atoms with E-state index < -0.39 is 0 Å². The second-order valence-corrected chi connectivity index (χ2v) is 5.76. The van der Waals surface area contributed by atoms with Crippen LogP contribution in [-0.4, -0.2) is 53.0 Å². The van der Waals surface area contributed by atoms with E-state index in [9.17, 15) is 0 Å². The summed E-state index contributed by atoms with van der Waals surface area (Å²) in [5.41, 5.74) is 1.11. The van der Waals surface area contributed by atoms with Crippen LogP contribution in [0.3, 0.4) is 0 Å². The van der Waals surface area contributed by atoms with Crippen LogP contribution in [0.15, 0.2) is 12.5 Å². The molecule has 5 nitrogen and oxygen atoms in total. The number of hydrogen-bond donors (Lipinski definition) is 0. The molecule has 2 aliphatic heterocycles. The van der Waals surface area contributed by atoms with Gasteiger partial charge in [-0.3, -0.25) is 4.90 Å². The number of aromatic nitrogens is 2. The van der Waals surface area contributed by atoms with Crippen LogP contribution in [-0.2, 0) is 23.1 Å². The highest BCUT2D eigenvalue weighted by atomic mass is 16.5. The van der Waals surface area contributed by atoms with Crippen molar-refractivity contribution in [2.24, 2.45) is 7.05 Å². The Kier molecular flexibility index (Phi) is 3.60. The van der Waals surface area contributed by atoms with Crippen LogP contribution < -0.4 is 0 Å². The van der Waals surface area contributed by atoms with Gasteiger partial charge in [0, 0.05) is 46.6 Å². The van der Waals surface area contributed by atoms with E-state index in [2.05, 4.69) is 16.1 Å². The smallest absolute Gasteiger partial charge is 0.0987 e. The molecule has 5 heteroatoms. The molecule has 1 aromatic rings. The molecule has 0 amide bonds. The third-order valence-electron chi connectivity index (χ3n) is 4.42. The van der Waals surface area contributed by atoms with Gasteiger partial charge in [-0.15, -0.1) is 0 Å². The number of methoxy groups -OCH3 is 1. The summed E-state index contributed by atoms with van der Waals surface area (Å²) in [6.45, 7) is 3.79. The Morgan fingerprint density at radius 3 is 3.05 bits per heavy atom. The van der Waals surface area contributed by atoms with Gasteiger partial charge in [0.1, 0.15) is 0 Å². The van der Waals surface area contributed by atoms with Crippen molar-refractivity contribution in [2.75, 3.05) is 26.8 Å². The van der Waals surface area contributed by atoms with Gasteiger partial charge >= 0.3 is 0 Å². The van der Waals surface area contributed by atoms with Crippen LogP contribution in [0.25, 0.3) is 0 Å². The zero-order chi connectivity index (χ0) is 13.3. The fourth-order valence-corrected chi connectivity index (χ4v) is 3.38. The second-order valence-electron chi connectivity index (χ2n) is 5.76. The summed E-state index contributed by atoms with van der Waals surface area (Å²) in [6.07, 6.45) is 7.50. The molecule has 1 spiro atoms. The van der Waals surface area contributed by atoms with E-state index in [0.29, 0.717) is 0 Å². The molecule has 0 aliphatic carbocycles. The Morgan fingerprint density at radius 1 is 1.53 bits per heavy atom. The molecular formula is C14H23N3O2. The Morgan fingerprint density at radius 2 is 2.42 bits per heavy atom. The molecule has 19 heavy (non-hydrogen) atoms. The molecule has 0 unspecified atom stereocenters. The molecule has 2 saturated heterocycles. The first-order valence-electron chi connectivity index (χ1n) is 7.08. The summed E-state index contributed by atoms with van der Waals surface area (Å²) in [5, 5.41) is 0. The number of piperidine rings is 1. The van der Waals surface area contributed by atoms with Gasteiger partial charge in [-0.2, -0.15) is 0 Å². The second kappa shape index (κ2) is 5.23.